The summed E-state index contributed by atoms with van der Waals surface area (Å²) in [6, 6.07) is 3.62. The van der Waals surface area contributed by atoms with Crippen LogP contribution in [0.1, 0.15) is 12.2 Å². The monoisotopic (exact) mass is 296 g/mol. The molecule has 2 unspecified atom stereocenters. The van der Waals surface area contributed by atoms with E-state index in [4.69, 9.17) is 13.9 Å². The van der Waals surface area contributed by atoms with Gasteiger partial charge in [0.25, 0.3) is 0 Å². The molecule has 0 aromatic carbocycles. The molecule has 5 nitrogen and oxygen atoms in total. The molecule has 1 aromatic heterocycles. The average Bonchev–Trinajstić information content (AvgIpc) is 3.13. The van der Waals surface area contributed by atoms with Crippen molar-refractivity contribution in [2.75, 3.05) is 6.61 Å². The first-order valence-corrected chi connectivity index (χ1v) is 7.99. The largest absolute Gasteiger partial charge is 0.467 e. The van der Waals surface area contributed by atoms with E-state index >= 15 is 0 Å². The lowest BCUT2D eigenvalue weighted by molar-refractivity contribution is -0.0446. The fourth-order valence-electron chi connectivity index (χ4n) is 2.68. The third-order valence-corrected chi connectivity index (χ3v) is 5.44. The van der Waals surface area contributed by atoms with E-state index < -0.39 is 26.8 Å². The third-order valence-electron chi connectivity index (χ3n) is 3.70. The number of rotatable bonds is 6. The molecule has 6 heteroatoms. The first-order chi connectivity index (χ1) is 9.55. The molecule has 0 N–H and O–H groups in total. The van der Waals surface area contributed by atoms with Gasteiger partial charge in [0.15, 0.2) is 9.84 Å². The highest BCUT2D eigenvalue weighted by atomic mass is 32.2. The number of fused-ring (bicyclic) bond motifs is 2. The molecule has 2 aliphatic heterocycles. The SMILES string of the molecule is C=CS(=O)(=O)[C@H]1CC2(COCc3ccco3)C=CC1O2. The van der Waals surface area contributed by atoms with Gasteiger partial charge in [-0.25, -0.2) is 8.42 Å². The van der Waals surface area contributed by atoms with Crippen molar-refractivity contribution in [1.82, 2.24) is 0 Å². The first kappa shape index (κ1) is 13.6. The molecular formula is C14H16O5S. The quantitative estimate of drug-likeness (QED) is 0.749. The Morgan fingerprint density at radius 1 is 1.55 bits per heavy atom. The molecule has 1 aromatic rings. The van der Waals surface area contributed by atoms with Crippen LogP contribution in [0, 0.1) is 0 Å². The van der Waals surface area contributed by atoms with Gasteiger partial charge in [-0.15, -0.1) is 0 Å². The Balaban J connectivity index is 1.63. The van der Waals surface area contributed by atoms with Crippen LogP contribution in [0.5, 0.6) is 0 Å². The Morgan fingerprint density at radius 3 is 3.10 bits per heavy atom. The maximum absolute atomic E-state index is 11.9. The maximum atomic E-state index is 11.9. The second-order valence-corrected chi connectivity index (χ2v) is 7.19. The lowest BCUT2D eigenvalue weighted by Crippen LogP contribution is -2.33. The standard InChI is InChI=1S/C14H16O5S/c1-2-20(15,16)13-8-14(6-5-12(13)19-14)10-17-9-11-4-3-7-18-11/h2-7,12-13H,1,8-10H2/t12?,13-,14?/m0/s1. The lowest BCUT2D eigenvalue weighted by atomic mass is 9.95. The van der Waals surface area contributed by atoms with Crippen molar-refractivity contribution in [3.8, 4) is 0 Å². The van der Waals surface area contributed by atoms with E-state index in [-0.39, 0.29) is 0 Å². The van der Waals surface area contributed by atoms with Crippen LogP contribution in [-0.4, -0.2) is 32.0 Å². The van der Waals surface area contributed by atoms with Crippen LogP contribution >= 0.6 is 0 Å². The van der Waals surface area contributed by atoms with E-state index in [0.29, 0.717) is 19.6 Å². The van der Waals surface area contributed by atoms with Gasteiger partial charge in [0, 0.05) is 11.8 Å². The molecule has 0 radical (unpaired) electrons. The highest BCUT2D eigenvalue weighted by Gasteiger charge is 2.52. The molecule has 0 aliphatic carbocycles. The Kier molecular flexibility index (Phi) is 3.32. The molecule has 2 bridgehead atoms. The van der Waals surface area contributed by atoms with Gasteiger partial charge in [-0.1, -0.05) is 18.7 Å². The zero-order valence-electron chi connectivity index (χ0n) is 10.9. The predicted molar refractivity (Wildman–Crippen MR) is 72.6 cm³/mol. The zero-order chi connectivity index (χ0) is 14.2. The molecule has 0 amide bonds. The molecular weight excluding hydrogens is 280 g/mol. The molecule has 108 valence electrons. The van der Waals surface area contributed by atoms with Gasteiger partial charge in [-0.2, -0.15) is 0 Å². The van der Waals surface area contributed by atoms with Crippen molar-refractivity contribution < 1.29 is 22.3 Å². The van der Waals surface area contributed by atoms with E-state index in [0.717, 1.165) is 11.2 Å². The van der Waals surface area contributed by atoms with Crippen LogP contribution in [-0.2, 0) is 25.9 Å². The van der Waals surface area contributed by atoms with E-state index in [1.165, 1.54) is 0 Å². The number of furan rings is 1. The van der Waals surface area contributed by atoms with Gasteiger partial charge in [0.1, 0.15) is 18.0 Å². The normalized spacial score (nSPS) is 31.8. The molecule has 0 spiro atoms. The number of sulfone groups is 1. The summed E-state index contributed by atoms with van der Waals surface area (Å²) in [6.07, 6.45) is 5.28. The molecule has 1 fully saturated rings. The van der Waals surface area contributed by atoms with Gasteiger partial charge < -0.3 is 13.9 Å². The molecule has 3 atom stereocenters. The van der Waals surface area contributed by atoms with Crippen LogP contribution in [0.2, 0.25) is 0 Å². The second kappa shape index (κ2) is 4.87. The molecule has 3 heterocycles. The van der Waals surface area contributed by atoms with E-state index in [1.54, 1.807) is 18.4 Å². The van der Waals surface area contributed by atoms with Gasteiger partial charge in [-0.05, 0) is 12.1 Å². The first-order valence-electron chi connectivity index (χ1n) is 6.38. The van der Waals surface area contributed by atoms with Crippen molar-refractivity contribution in [1.29, 1.82) is 0 Å². The highest BCUT2D eigenvalue weighted by molar-refractivity contribution is 7.94. The van der Waals surface area contributed by atoms with Crippen molar-refractivity contribution >= 4 is 9.84 Å². The summed E-state index contributed by atoms with van der Waals surface area (Å²) < 4.78 is 40.4. The predicted octanol–water partition coefficient (Wildman–Crippen LogP) is 1.82. The van der Waals surface area contributed by atoms with Crippen LogP contribution in [0.15, 0.2) is 47.0 Å². The van der Waals surface area contributed by atoms with Gasteiger partial charge >= 0.3 is 0 Å². The van der Waals surface area contributed by atoms with Crippen LogP contribution < -0.4 is 0 Å². The third kappa shape index (κ3) is 2.34. The number of ether oxygens (including phenoxy) is 2. The van der Waals surface area contributed by atoms with Crippen molar-refractivity contribution in [2.24, 2.45) is 0 Å². The Morgan fingerprint density at radius 2 is 2.40 bits per heavy atom. The summed E-state index contributed by atoms with van der Waals surface area (Å²) >= 11 is 0. The van der Waals surface area contributed by atoms with E-state index in [1.807, 2.05) is 12.1 Å². The topological polar surface area (TPSA) is 65.7 Å². The minimum absolute atomic E-state index is 0.309. The molecule has 2 aliphatic rings. The summed E-state index contributed by atoms with van der Waals surface area (Å²) in [5.41, 5.74) is -0.641. The molecule has 0 saturated carbocycles. The molecule has 20 heavy (non-hydrogen) atoms. The van der Waals surface area contributed by atoms with Crippen molar-refractivity contribution in [3.63, 3.8) is 0 Å². The average molecular weight is 296 g/mol. The Bertz CT molecular complexity index is 616. The second-order valence-electron chi connectivity index (χ2n) is 5.08. The zero-order valence-corrected chi connectivity index (χ0v) is 11.7. The maximum Gasteiger partial charge on any atom is 0.176 e. The van der Waals surface area contributed by atoms with Crippen LogP contribution in [0.3, 0.4) is 0 Å². The minimum Gasteiger partial charge on any atom is -0.467 e. The number of hydrogen-bond acceptors (Lipinski definition) is 5. The van der Waals surface area contributed by atoms with E-state index in [2.05, 4.69) is 6.58 Å². The van der Waals surface area contributed by atoms with Gasteiger partial charge in [0.05, 0.1) is 24.2 Å². The summed E-state index contributed by atoms with van der Waals surface area (Å²) in [4.78, 5) is 0. The molecule has 1 saturated heterocycles. The summed E-state index contributed by atoms with van der Waals surface area (Å²) in [7, 11) is -3.32. The minimum atomic E-state index is -3.32. The van der Waals surface area contributed by atoms with Crippen LogP contribution in [0.4, 0.5) is 0 Å². The number of hydrogen-bond donors (Lipinski definition) is 0. The summed E-state index contributed by atoms with van der Waals surface area (Å²) in [6.45, 7) is 4.02. The smallest absolute Gasteiger partial charge is 0.176 e. The fourth-order valence-corrected chi connectivity index (χ4v) is 3.96. The summed E-state index contributed by atoms with van der Waals surface area (Å²) in [5.74, 6) is 0.730. The van der Waals surface area contributed by atoms with Gasteiger partial charge in [0.2, 0.25) is 0 Å². The summed E-state index contributed by atoms with van der Waals surface area (Å²) in [5, 5.41) is 0.449. The van der Waals surface area contributed by atoms with E-state index in [9.17, 15) is 8.42 Å². The van der Waals surface area contributed by atoms with Gasteiger partial charge in [-0.3, -0.25) is 0 Å². The van der Waals surface area contributed by atoms with Crippen molar-refractivity contribution in [2.45, 2.75) is 30.0 Å². The Labute approximate surface area is 117 Å². The molecule has 3 rings (SSSR count). The lowest BCUT2D eigenvalue weighted by Gasteiger charge is -2.22. The van der Waals surface area contributed by atoms with Crippen molar-refractivity contribution in [3.05, 3.63) is 48.3 Å². The highest BCUT2D eigenvalue weighted by Crippen LogP contribution is 2.42. The fraction of sp³-hybridized carbons (Fsp3) is 0.429. The Hall–Kier alpha value is -1.37. The van der Waals surface area contributed by atoms with Crippen LogP contribution in [0.25, 0.3) is 0 Å².